The van der Waals surface area contributed by atoms with Gasteiger partial charge in [0.25, 0.3) is 5.91 Å². The molecule has 3 heterocycles. The summed E-state index contributed by atoms with van der Waals surface area (Å²) >= 11 is 0. The molecule has 1 aromatic carbocycles. The number of amides is 1. The SMILES string of the molecule is O=C1N=NN(c2ccc(N3CCNCC3)c(C(F)(F)F)c2)C1CCn1cccc1. The summed E-state index contributed by atoms with van der Waals surface area (Å²) in [6, 6.07) is 7.12. The lowest BCUT2D eigenvalue weighted by atomic mass is 10.1. The van der Waals surface area contributed by atoms with Gasteiger partial charge < -0.3 is 14.8 Å². The standard InChI is InChI=1S/C19H21F3N6O/c20-19(21,22)15-13-14(3-4-16(15)27-11-6-23-7-12-27)28-17(18(29)24-25-28)5-10-26-8-1-2-9-26/h1-4,8-9,13,17,23H,5-7,10-12H2. The van der Waals surface area contributed by atoms with Crippen LogP contribution in [0.1, 0.15) is 12.0 Å². The Kier molecular flexibility index (Phi) is 5.27. The van der Waals surface area contributed by atoms with E-state index in [9.17, 15) is 18.0 Å². The number of carbonyl (C=O) groups excluding carboxylic acids is 1. The Morgan fingerprint density at radius 3 is 2.55 bits per heavy atom. The van der Waals surface area contributed by atoms with Crippen molar-refractivity contribution in [1.82, 2.24) is 9.88 Å². The maximum Gasteiger partial charge on any atom is 0.418 e. The van der Waals surface area contributed by atoms with Gasteiger partial charge >= 0.3 is 6.18 Å². The molecule has 0 spiro atoms. The molecule has 2 aliphatic heterocycles. The summed E-state index contributed by atoms with van der Waals surface area (Å²) in [5.74, 6) is -0.447. The second-order valence-corrected chi connectivity index (χ2v) is 7.03. The summed E-state index contributed by atoms with van der Waals surface area (Å²) in [4.78, 5) is 13.9. The number of hydrogen-bond acceptors (Lipinski definition) is 5. The maximum absolute atomic E-state index is 13.8. The highest BCUT2D eigenvalue weighted by atomic mass is 19.4. The molecule has 7 nitrogen and oxygen atoms in total. The van der Waals surface area contributed by atoms with Crippen LogP contribution in [0.3, 0.4) is 0 Å². The van der Waals surface area contributed by atoms with Gasteiger partial charge in [0.2, 0.25) is 0 Å². The average Bonchev–Trinajstić information content (AvgIpc) is 3.35. The first kappa shape index (κ1) is 19.4. The Morgan fingerprint density at radius 2 is 1.86 bits per heavy atom. The van der Waals surface area contributed by atoms with Gasteiger partial charge in [0, 0.05) is 50.8 Å². The molecule has 2 aliphatic rings. The molecule has 0 bridgehead atoms. The molecule has 10 heteroatoms. The van der Waals surface area contributed by atoms with E-state index >= 15 is 0 Å². The third-order valence-corrected chi connectivity index (χ3v) is 5.15. The number of halogens is 3. The Labute approximate surface area is 165 Å². The number of alkyl halides is 3. The van der Waals surface area contributed by atoms with Crippen molar-refractivity contribution in [3.8, 4) is 0 Å². The zero-order valence-corrected chi connectivity index (χ0v) is 15.6. The number of nitrogens with zero attached hydrogens (tertiary/aromatic N) is 5. The lowest BCUT2D eigenvalue weighted by Gasteiger charge is -2.32. The van der Waals surface area contributed by atoms with Crippen LogP contribution in [0.2, 0.25) is 0 Å². The van der Waals surface area contributed by atoms with Gasteiger partial charge in [-0.2, -0.15) is 13.2 Å². The Bertz CT molecular complexity index is 890. The minimum absolute atomic E-state index is 0.147. The van der Waals surface area contributed by atoms with E-state index in [2.05, 4.69) is 15.7 Å². The highest BCUT2D eigenvalue weighted by Gasteiger charge is 2.38. The molecule has 1 saturated heterocycles. The summed E-state index contributed by atoms with van der Waals surface area (Å²) in [7, 11) is 0. The number of aromatic nitrogens is 1. The number of carbonyl (C=O) groups is 1. The first-order valence-electron chi connectivity index (χ1n) is 9.46. The van der Waals surface area contributed by atoms with Crippen molar-refractivity contribution in [2.24, 2.45) is 10.3 Å². The van der Waals surface area contributed by atoms with Crippen molar-refractivity contribution in [2.45, 2.75) is 25.2 Å². The molecule has 2 aromatic rings. The second kappa shape index (κ2) is 7.86. The van der Waals surface area contributed by atoms with Gasteiger partial charge in [-0.3, -0.25) is 4.79 Å². The number of benzene rings is 1. The van der Waals surface area contributed by atoms with Crippen molar-refractivity contribution < 1.29 is 18.0 Å². The number of hydrogen-bond donors (Lipinski definition) is 1. The van der Waals surface area contributed by atoms with Gasteiger partial charge in [-0.25, -0.2) is 5.01 Å². The number of rotatable bonds is 5. The van der Waals surface area contributed by atoms with E-state index in [0.717, 1.165) is 6.07 Å². The van der Waals surface area contributed by atoms with Crippen molar-refractivity contribution in [3.05, 3.63) is 48.3 Å². The third-order valence-electron chi connectivity index (χ3n) is 5.15. The highest BCUT2D eigenvalue weighted by Crippen LogP contribution is 2.40. The van der Waals surface area contributed by atoms with Gasteiger partial charge in [0.15, 0.2) is 0 Å². The Morgan fingerprint density at radius 1 is 1.14 bits per heavy atom. The number of nitrogens with one attached hydrogen (secondary N) is 1. The topological polar surface area (TPSA) is 65.2 Å². The molecular weight excluding hydrogens is 385 g/mol. The number of piperazine rings is 1. The van der Waals surface area contributed by atoms with Crippen molar-refractivity contribution >= 4 is 17.3 Å². The summed E-state index contributed by atoms with van der Waals surface area (Å²) < 4.78 is 43.3. The lowest BCUT2D eigenvalue weighted by molar-refractivity contribution is -0.137. The van der Waals surface area contributed by atoms with Crippen molar-refractivity contribution in [1.29, 1.82) is 0 Å². The monoisotopic (exact) mass is 406 g/mol. The smallest absolute Gasteiger partial charge is 0.368 e. The van der Waals surface area contributed by atoms with Crippen LogP contribution in [0, 0.1) is 0 Å². The maximum atomic E-state index is 13.8. The normalized spacial score (nSPS) is 20.0. The highest BCUT2D eigenvalue weighted by molar-refractivity contribution is 5.87. The summed E-state index contributed by atoms with van der Waals surface area (Å²) in [6.45, 7) is 2.81. The zero-order valence-electron chi connectivity index (χ0n) is 15.6. The van der Waals surface area contributed by atoms with E-state index in [1.807, 2.05) is 29.1 Å². The fourth-order valence-electron chi connectivity index (χ4n) is 3.67. The van der Waals surface area contributed by atoms with Crippen LogP contribution in [-0.2, 0) is 17.5 Å². The van der Waals surface area contributed by atoms with Gasteiger partial charge in [0.05, 0.1) is 11.3 Å². The van der Waals surface area contributed by atoms with Crippen molar-refractivity contribution in [2.75, 3.05) is 36.1 Å². The molecule has 1 unspecified atom stereocenters. The first-order chi connectivity index (χ1) is 13.9. The van der Waals surface area contributed by atoms with E-state index in [1.165, 1.54) is 11.1 Å². The lowest BCUT2D eigenvalue weighted by Crippen LogP contribution is -2.44. The fraction of sp³-hybridized carbons (Fsp3) is 0.421. The van der Waals surface area contributed by atoms with Crippen LogP contribution < -0.4 is 15.2 Å². The number of anilines is 2. The van der Waals surface area contributed by atoms with Gasteiger partial charge in [-0.1, -0.05) is 10.3 Å². The van der Waals surface area contributed by atoms with E-state index < -0.39 is 23.7 Å². The molecular formula is C19H21F3N6O. The van der Waals surface area contributed by atoms with Crippen LogP contribution in [0.5, 0.6) is 0 Å². The molecule has 0 aliphatic carbocycles. The predicted molar refractivity (Wildman–Crippen MR) is 102 cm³/mol. The second-order valence-electron chi connectivity index (χ2n) is 7.03. The Balaban J connectivity index is 1.61. The van der Waals surface area contributed by atoms with E-state index in [-0.39, 0.29) is 11.4 Å². The van der Waals surface area contributed by atoms with Crippen LogP contribution in [0.4, 0.5) is 24.5 Å². The molecule has 29 heavy (non-hydrogen) atoms. The average molecular weight is 406 g/mol. The van der Waals surface area contributed by atoms with E-state index in [1.54, 1.807) is 11.0 Å². The van der Waals surface area contributed by atoms with Crippen molar-refractivity contribution in [3.63, 3.8) is 0 Å². The third kappa shape index (κ3) is 4.12. The Hall–Kier alpha value is -2.88. The summed E-state index contributed by atoms with van der Waals surface area (Å²) in [5, 5.41) is 11.9. The van der Waals surface area contributed by atoms with Gasteiger partial charge in [-0.05, 0) is 36.8 Å². The molecule has 154 valence electrons. The molecule has 1 atom stereocenters. The quantitative estimate of drug-likeness (QED) is 0.829. The first-order valence-corrected chi connectivity index (χ1v) is 9.46. The number of aryl methyl sites for hydroxylation is 1. The van der Waals surface area contributed by atoms with Crippen LogP contribution in [0.15, 0.2) is 53.1 Å². The minimum atomic E-state index is -4.52. The van der Waals surface area contributed by atoms with Crippen LogP contribution in [0.25, 0.3) is 0 Å². The molecule has 1 aromatic heterocycles. The minimum Gasteiger partial charge on any atom is -0.368 e. The molecule has 1 N–H and O–H groups in total. The van der Waals surface area contributed by atoms with Crippen LogP contribution >= 0.6 is 0 Å². The van der Waals surface area contributed by atoms with Gasteiger partial charge in [0.1, 0.15) is 6.04 Å². The molecule has 1 fully saturated rings. The van der Waals surface area contributed by atoms with Crippen LogP contribution in [-0.4, -0.2) is 42.7 Å². The molecule has 1 amide bonds. The molecule has 0 saturated carbocycles. The largest absolute Gasteiger partial charge is 0.418 e. The van der Waals surface area contributed by atoms with Gasteiger partial charge in [-0.15, -0.1) is 0 Å². The summed E-state index contributed by atoms with van der Waals surface area (Å²) in [6.07, 6.45) is -0.399. The predicted octanol–water partition coefficient (Wildman–Crippen LogP) is 3.09. The van der Waals surface area contributed by atoms with E-state index in [4.69, 9.17) is 0 Å². The fourth-order valence-corrected chi connectivity index (χ4v) is 3.67. The summed E-state index contributed by atoms with van der Waals surface area (Å²) in [5.41, 5.74) is -0.368. The molecule has 4 rings (SSSR count). The molecule has 0 radical (unpaired) electrons. The van der Waals surface area contributed by atoms with E-state index in [0.29, 0.717) is 39.1 Å². The zero-order chi connectivity index (χ0) is 20.4.